The average Bonchev–Trinajstić information content (AvgIpc) is 3.05. The number of para-hydroxylation sites is 1. The van der Waals surface area contributed by atoms with E-state index >= 15 is 0 Å². The molecule has 1 aliphatic carbocycles. The number of furan rings is 1. The zero-order valence-corrected chi connectivity index (χ0v) is 10.9. The summed E-state index contributed by atoms with van der Waals surface area (Å²) in [7, 11) is 0. The van der Waals surface area contributed by atoms with Gasteiger partial charge < -0.3 is 9.15 Å². The molecular formula is C15H14F2O3. The van der Waals surface area contributed by atoms with Crippen LogP contribution in [0.5, 0.6) is 0 Å². The molecule has 20 heavy (non-hydrogen) atoms. The van der Waals surface area contributed by atoms with Gasteiger partial charge in [0.15, 0.2) is 0 Å². The zero-order valence-electron chi connectivity index (χ0n) is 10.9. The van der Waals surface area contributed by atoms with E-state index in [4.69, 9.17) is 9.15 Å². The molecule has 1 saturated carbocycles. The fourth-order valence-corrected chi connectivity index (χ4v) is 2.65. The van der Waals surface area contributed by atoms with Gasteiger partial charge in [-0.25, -0.2) is 8.78 Å². The summed E-state index contributed by atoms with van der Waals surface area (Å²) in [6.45, 7) is 1.85. The molecule has 3 rings (SSSR count). The first kappa shape index (κ1) is 13.1. The van der Waals surface area contributed by atoms with E-state index < -0.39 is 23.7 Å². The number of hydrogen-bond acceptors (Lipinski definition) is 3. The van der Waals surface area contributed by atoms with Crippen LogP contribution in [-0.2, 0) is 14.9 Å². The first-order valence-corrected chi connectivity index (χ1v) is 6.53. The molecular weight excluding hydrogens is 266 g/mol. The highest BCUT2D eigenvalue weighted by Crippen LogP contribution is 2.59. The Bertz CT molecular complexity index is 616. The topological polar surface area (TPSA) is 39.4 Å². The average molecular weight is 280 g/mol. The maximum absolute atomic E-state index is 13.5. The fraction of sp³-hybridized carbons (Fsp3) is 0.400. The van der Waals surface area contributed by atoms with E-state index in [0.29, 0.717) is 5.58 Å². The third-order valence-corrected chi connectivity index (χ3v) is 3.85. The minimum absolute atomic E-state index is 0.0727. The highest BCUT2D eigenvalue weighted by molar-refractivity contribution is 5.82. The van der Waals surface area contributed by atoms with Crippen LogP contribution in [0.4, 0.5) is 8.78 Å². The minimum Gasteiger partial charge on any atom is -0.466 e. The number of carbonyl (C=O) groups is 1. The Hall–Kier alpha value is -1.91. The smallest absolute Gasteiger partial charge is 0.310 e. The van der Waals surface area contributed by atoms with E-state index in [1.807, 2.05) is 6.07 Å². The predicted molar refractivity (Wildman–Crippen MR) is 68.6 cm³/mol. The molecule has 106 valence electrons. The van der Waals surface area contributed by atoms with E-state index in [1.165, 1.54) is 0 Å². The minimum atomic E-state index is -2.66. The SMILES string of the molecule is CCOC(=O)[C@H]1C[C@@]1(c1cc2ccccc2o1)C(F)F. The van der Waals surface area contributed by atoms with Crippen molar-refractivity contribution in [3.05, 3.63) is 36.1 Å². The Kier molecular flexibility index (Phi) is 3.00. The lowest BCUT2D eigenvalue weighted by Gasteiger charge is -2.13. The molecule has 0 bridgehead atoms. The van der Waals surface area contributed by atoms with Crippen molar-refractivity contribution >= 4 is 16.9 Å². The third-order valence-electron chi connectivity index (χ3n) is 3.85. The van der Waals surface area contributed by atoms with Crippen molar-refractivity contribution in [2.75, 3.05) is 6.61 Å². The lowest BCUT2D eigenvalue weighted by Crippen LogP contribution is -2.24. The second-order valence-electron chi connectivity index (χ2n) is 5.00. The van der Waals surface area contributed by atoms with Crippen LogP contribution in [0.25, 0.3) is 11.0 Å². The molecule has 0 unspecified atom stereocenters. The summed E-state index contributed by atoms with van der Waals surface area (Å²) in [5.41, 5.74) is -0.970. The summed E-state index contributed by atoms with van der Waals surface area (Å²) in [5, 5.41) is 0.761. The van der Waals surface area contributed by atoms with Gasteiger partial charge in [-0.1, -0.05) is 18.2 Å². The number of carbonyl (C=O) groups excluding carboxylic acids is 1. The Labute approximate surface area is 114 Å². The van der Waals surface area contributed by atoms with Crippen molar-refractivity contribution < 1.29 is 22.7 Å². The second kappa shape index (κ2) is 4.58. The van der Waals surface area contributed by atoms with Gasteiger partial charge in [-0.2, -0.15) is 0 Å². The predicted octanol–water partition coefficient (Wildman–Crippen LogP) is 3.52. The molecule has 0 amide bonds. The van der Waals surface area contributed by atoms with Gasteiger partial charge in [-0.3, -0.25) is 4.79 Å². The molecule has 1 fully saturated rings. The number of halogens is 2. The molecule has 3 nitrogen and oxygen atoms in total. The summed E-state index contributed by atoms with van der Waals surface area (Å²) >= 11 is 0. The summed E-state index contributed by atoms with van der Waals surface area (Å²) in [4.78, 5) is 11.7. The van der Waals surface area contributed by atoms with Crippen molar-refractivity contribution in [3.8, 4) is 0 Å². The molecule has 0 N–H and O–H groups in total. The van der Waals surface area contributed by atoms with Gasteiger partial charge in [-0.15, -0.1) is 0 Å². The molecule has 0 aliphatic heterocycles. The van der Waals surface area contributed by atoms with Crippen LogP contribution < -0.4 is 0 Å². The summed E-state index contributed by atoms with van der Waals surface area (Å²) < 4.78 is 37.3. The molecule has 0 spiro atoms. The van der Waals surface area contributed by atoms with Crippen molar-refractivity contribution in [2.45, 2.75) is 25.2 Å². The quantitative estimate of drug-likeness (QED) is 0.804. The molecule has 2 aromatic rings. The zero-order chi connectivity index (χ0) is 14.3. The van der Waals surface area contributed by atoms with Crippen molar-refractivity contribution in [1.29, 1.82) is 0 Å². The molecule has 1 aliphatic rings. The molecule has 0 saturated heterocycles. The highest BCUT2D eigenvalue weighted by atomic mass is 19.3. The Balaban J connectivity index is 1.98. The van der Waals surface area contributed by atoms with Crippen LogP contribution in [0, 0.1) is 5.92 Å². The van der Waals surface area contributed by atoms with Crippen LogP contribution in [0.15, 0.2) is 34.7 Å². The van der Waals surface area contributed by atoms with Gasteiger partial charge in [0.05, 0.1) is 12.5 Å². The standard InChI is InChI=1S/C15H14F2O3/c1-2-19-13(18)10-8-15(10,14(16)17)12-7-9-5-3-4-6-11(9)20-12/h3-7,10,14H,2,8H2,1H3/t10-,15-/m1/s1. The molecule has 1 aromatic carbocycles. The molecule has 0 radical (unpaired) electrons. The van der Waals surface area contributed by atoms with E-state index in [-0.39, 0.29) is 18.8 Å². The van der Waals surface area contributed by atoms with Crippen molar-refractivity contribution in [2.24, 2.45) is 5.92 Å². The number of benzene rings is 1. The molecule has 1 heterocycles. The van der Waals surface area contributed by atoms with Crippen molar-refractivity contribution in [1.82, 2.24) is 0 Å². The number of hydrogen-bond donors (Lipinski definition) is 0. The van der Waals surface area contributed by atoms with Gasteiger partial charge in [0.2, 0.25) is 0 Å². The Morgan fingerprint density at radius 2 is 2.25 bits per heavy atom. The van der Waals surface area contributed by atoms with Crippen LogP contribution in [0.3, 0.4) is 0 Å². The van der Waals surface area contributed by atoms with Crippen LogP contribution >= 0.6 is 0 Å². The highest BCUT2D eigenvalue weighted by Gasteiger charge is 2.68. The fourth-order valence-electron chi connectivity index (χ4n) is 2.65. The molecule has 1 aromatic heterocycles. The van der Waals surface area contributed by atoms with E-state index in [9.17, 15) is 13.6 Å². The van der Waals surface area contributed by atoms with Crippen LogP contribution in [0.2, 0.25) is 0 Å². The monoisotopic (exact) mass is 280 g/mol. The van der Waals surface area contributed by atoms with Gasteiger partial charge >= 0.3 is 5.97 Å². The first-order valence-electron chi connectivity index (χ1n) is 6.53. The number of ether oxygens (including phenoxy) is 1. The maximum atomic E-state index is 13.5. The maximum Gasteiger partial charge on any atom is 0.310 e. The normalized spacial score (nSPS) is 25.1. The largest absolute Gasteiger partial charge is 0.466 e. The number of fused-ring (bicyclic) bond motifs is 1. The second-order valence-corrected chi connectivity index (χ2v) is 5.00. The van der Waals surface area contributed by atoms with Crippen molar-refractivity contribution in [3.63, 3.8) is 0 Å². The Morgan fingerprint density at radius 1 is 1.50 bits per heavy atom. The summed E-state index contributed by atoms with van der Waals surface area (Å²) in [6, 6.07) is 8.70. The lowest BCUT2D eigenvalue weighted by atomic mass is 10.0. The van der Waals surface area contributed by atoms with E-state index in [0.717, 1.165) is 5.39 Å². The lowest BCUT2D eigenvalue weighted by molar-refractivity contribution is -0.146. The number of rotatable bonds is 4. The van der Waals surface area contributed by atoms with Gasteiger partial charge in [-0.05, 0) is 25.5 Å². The van der Waals surface area contributed by atoms with Crippen LogP contribution in [0.1, 0.15) is 19.1 Å². The van der Waals surface area contributed by atoms with Gasteiger partial charge in [0, 0.05) is 5.39 Å². The molecule has 2 atom stereocenters. The van der Waals surface area contributed by atoms with Gasteiger partial charge in [0.1, 0.15) is 16.8 Å². The Morgan fingerprint density at radius 3 is 2.90 bits per heavy atom. The molecule has 5 heteroatoms. The van der Waals surface area contributed by atoms with Gasteiger partial charge in [0.25, 0.3) is 6.43 Å². The van der Waals surface area contributed by atoms with E-state index in [2.05, 4.69) is 0 Å². The first-order chi connectivity index (χ1) is 9.59. The summed E-state index contributed by atoms with van der Waals surface area (Å²) in [5.74, 6) is -1.22. The van der Waals surface area contributed by atoms with Crippen LogP contribution in [-0.4, -0.2) is 19.0 Å². The third kappa shape index (κ3) is 1.80. The number of esters is 1. The summed E-state index contributed by atoms with van der Waals surface area (Å²) in [6.07, 6.45) is -2.58. The van der Waals surface area contributed by atoms with E-state index in [1.54, 1.807) is 31.2 Å². The number of alkyl halides is 2.